The fraction of sp³-hybridized carbons (Fsp3) is 0.529. The summed E-state index contributed by atoms with van der Waals surface area (Å²) in [7, 11) is 0. The molecule has 4 heterocycles. The van der Waals surface area contributed by atoms with Gasteiger partial charge in [0.25, 0.3) is 5.91 Å². The normalized spacial score (nSPS) is 26.4. The molecule has 0 spiro atoms. The van der Waals surface area contributed by atoms with Crippen LogP contribution in [0.4, 0.5) is 0 Å². The van der Waals surface area contributed by atoms with E-state index in [2.05, 4.69) is 22.1 Å². The molecule has 7 heteroatoms. The van der Waals surface area contributed by atoms with Gasteiger partial charge in [-0.25, -0.2) is 4.98 Å². The van der Waals surface area contributed by atoms with Crippen LogP contribution in [-0.2, 0) is 4.74 Å². The van der Waals surface area contributed by atoms with Crippen molar-refractivity contribution in [1.29, 1.82) is 0 Å². The van der Waals surface area contributed by atoms with Crippen LogP contribution in [0.15, 0.2) is 18.5 Å². The van der Waals surface area contributed by atoms with Crippen molar-refractivity contribution >= 4 is 17.2 Å². The molecule has 2 aliphatic rings. The van der Waals surface area contributed by atoms with Crippen molar-refractivity contribution in [2.75, 3.05) is 13.1 Å². The number of ether oxygens (including phenoxy) is 1. The second-order valence-electron chi connectivity index (χ2n) is 6.52. The second kappa shape index (κ2) is 6.22. The Morgan fingerprint density at radius 2 is 2.25 bits per heavy atom. The molecule has 0 unspecified atom stereocenters. The van der Waals surface area contributed by atoms with E-state index >= 15 is 0 Å². The van der Waals surface area contributed by atoms with Gasteiger partial charge in [-0.05, 0) is 38.7 Å². The summed E-state index contributed by atoms with van der Waals surface area (Å²) in [5.74, 6) is 0.524. The average molecular weight is 344 g/mol. The third-order valence-corrected chi connectivity index (χ3v) is 6.16. The number of piperidine rings is 1. The van der Waals surface area contributed by atoms with Crippen LogP contribution in [-0.4, -0.2) is 45.2 Å². The molecule has 0 aromatic carbocycles. The fourth-order valence-corrected chi connectivity index (χ4v) is 4.48. The third-order valence-electron chi connectivity index (χ3n) is 4.99. The average Bonchev–Trinajstić information content (AvgIpc) is 3.18. The summed E-state index contributed by atoms with van der Waals surface area (Å²) in [6.07, 6.45) is 5.25. The summed E-state index contributed by atoms with van der Waals surface area (Å²) < 4.78 is 6.26. The number of nitrogens with zero attached hydrogens (tertiary/aromatic N) is 4. The van der Waals surface area contributed by atoms with Crippen molar-refractivity contribution in [3.8, 4) is 0 Å². The van der Waals surface area contributed by atoms with Crippen LogP contribution in [0.3, 0.4) is 0 Å². The van der Waals surface area contributed by atoms with E-state index in [4.69, 9.17) is 4.74 Å². The van der Waals surface area contributed by atoms with Crippen LogP contribution in [0.5, 0.6) is 0 Å². The zero-order chi connectivity index (χ0) is 16.7. The molecule has 2 fully saturated rings. The summed E-state index contributed by atoms with van der Waals surface area (Å²) >= 11 is 1.73. The van der Waals surface area contributed by atoms with E-state index in [9.17, 15) is 4.79 Å². The SMILES string of the molecule is Cc1nc([C@@H]2C[C@H]3CCN(C(=O)c4ccnnc4)C[C@@H]3O2)sc1C. The van der Waals surface area contributed by atoms with Crippen molar-refractivity contribution in [2.24, 2.45) is 5.92 Å². The highest BCUT2D eigenvalue weighted by molar-refractivity contribution is 7.11. The molecule has 2 saturated heterocycles. The molecule has 0 aliphatic carbocycles. The lowest BCUT2D eigenvalue weighted by atomic mass is 9.91. The van der Waals surface area contributed by atoms with E-state index in [1.807, 2.05) is 11.8 Å². The van der Waals surface area contributed by atoms with Gasteiger partial charge in [-0.1, -0.05) is 0 Å². The molecule has 2 aromatic rings. The Kier molecular flexibility index (Phi) is 4.05. The van der Waals surface area contributed by atoms with E-state index in [1.54, 1.807) is 23.6 Å². The maximum Gasteiger partial charge on any atom is 0.255 e. The molecule has 4 rings (SSSR count). The molecule has 1 amide bonds. The van der Waals surface area contributed by atoms with Gasteiger partial charge in [-0.3, -0.25) is 4.79 Å². The number of likely N-dealkylation sites (tertiary alicyclic amines) is 1. The number of hydrogen-bond donors (Lipinski definition) is 0. The van der Waals surface area contributed by atoms with Gasteiger partial charge in [0.1, 0.15) is 11.1 Å². The smallest absolute Gasteiger partial charge is 0.255 e. The van der Waals surface area contributed by atoms with Crippen LogP contribution in [0.2, 0.25) is 0 Å². The first-order valence-electron chi connectivity index (χ1n) is 8.27. The highest BCUT2D eigenvalue weighted by Gasteiger charge is 2.41. The summed E-state index contributed by atoms with van der Waals surface area (Å²) in [6.45, 7) is 5.56. The van der Waals surface area contributed by atoms with Crippen molar-refractivity contribution in [3.05, 3.63) is 39.6 Å². The molecule has 0 saturated carbocycles. The zero-order valence-corrected chi connectivity index (χ0v) is 14.6. The Morgan fingerprint density at radius 3 is 2.96 bits per heavy atom. The fourth-order valence-electron chi connectivity index (χ4n) is 3.51. The molecule has 2 aliphatic heterocycles. The molecule has 6 nitrogen and oxygen atoms in total. The molecule has 0 bridgehead atoms. The second-order valence-corrected chi connectivity index (χ2v) is 7.76. The zero-order valence-electron chi connectivity index (χ0n) is 13.8. The van der Waals surface area contributed by atoms with E-state index in [1.165, 1.54) is 11.1 Å². The minimum atomic E-state index is 0.0105. The minimum absolute atomic E-state index is 0.0105. The molecule has 126 valence electrons. The highest BCUT2D eigenvalue weighted by Crippen LogP contribution is 2.42. The first-order valence-corrected chi connectivity index (χ1v) is 9.09. The van der Waals surface area contributed by atoms with Crippen LogP contribution in [0.1, 0.15) is 44.9 Å². The lowest BCUT2D eigenvalue weighted by Gasteiger charge is -2.34. The summed E-state index contributed by atoms with van der Waals surface area (Å²) in [5.41, 5.74) is 1.68. The molecule has 2 aromatic heterocycles. The highest BCUT2D eigenvalue weighted by atomic mass is 32.1. The summed E-state index contributed by atoms with van der Waals surface area (Å²) in [5, 5.41) is 8.60. The molecular weight excluding hydrogens is 324 g/mol. The van der Waals surface area contributed by atoms with Crippen molar-refractivity contribution in [3.63, 3.8) is 0 Å². The van der Waals surface area contributed by atoms with Crippen LogP contribution < -0.4 is 0 Å². The first-order chi connectivity index (χ1) is 11.6. The van der Waals surface area contributed by atoms with Crippen molar-refractivity contribution < 1.29 is 9.53 Å². The number of aryl methyl sites for hydroxylation is 2. The van der Waals surface area contributed by atoms with E-state index < -0.39 is 0 Å². The molecular formula is C17H20N4O2S. The number of hydrogen-bond acceptors (Lipinski definition) is 6. The predicted molar refractivity (Wildman–Crippen MR) is 89.9 cm³/mol. The maximum absolute atomic E-state index is 12.6. The van der Waals surface area contributed by atoms with Crippen molar-refractivity contribution in [2.45, 2.75) is 38.9 Å². The topological polar surface area (TPSA) is 68.2 Å². The number of carbonyl (C=O) groups excluding carboxylic acids is 1. The predicted octanol–water partition coefficient (Wildman–Crippen LogP) is 2.54. The Balaban J connectivity index is 1.45. The van der Waals surface area contributed by atoms with Gasteiger partial charge in [0, 0.05) is 18.0 Å². The maximum atomic E-state index is 12.6. The number of amides is 1. The van der Waals surface area contributed by atoms with Crippen LogP contribution in [0, 0.1) is 19.8 Å². The largest absolute Gasteiger partial charge is 0.366 e. The van der Waals surface area contributed by atoms with Gasteiger partial charge < -0.3 is 9.64 Å². The number of aromatic nitrogens is 3. The molecule has 3 atom stereocenters. The number of fused-ring (bicyclic) bond motifs is 1. The van der Waals surface area contributed by atoms with Gasteiger partial charge in [-0.2, -0.15) is 10.2 Å². The summed E-state index contributed by atoms with van der Waals surface area (Å²) in [6, 6.07) is 1.71. The summed E-state index contributed by atoms with van der Waals surface area (Å²) in [4.78, 5) is 20.4. The lowest BCUT2D eigenvalue weighted by Crippen LogP contribution is -2.45. The van der Waals surface area contributed by atoms with E-state index in [0.717, 1.165) is 30.1 Å². The van der Waals surface area contributed by atoms with Crippen LogP contribution in [0.25, 0.3) is 0 Å². The van der Waals surface area contributed by atoms with Gasteiger partial charge in [-0.15, -0.1) is 11.3 Å². The van der Waals surface area contributed by atoms with Crippen LogP contribution >= 0.6 is 11.3 Å². The third kappa shape index (κ3) is 2.82. The number of carbonyl (C=O) groups is 1. The molecule has 0 N–H and O–H groups in total. The Morgan fingerprint density at radius 1 is 1.38 bits per heavy atom. The van der Waals surface area contributed by atoms with Gasteiger partial charge >= 0.3 is 0 Å². The standard InChI is InChI=1S/C17H20N4O2S/c1-10-11(2)24-16(20-10)14-7-12-4-6-21(9-15(12)23-14)17(22)13-3-5-18-19-8-13/h3,5,8,12,14-15H,4,6-7,9H2,1-2H3/t12-,14+,15+/m1/s1. The van der Waals surface area contributed by atoms with E-state index in [0.29, 0.717) is 18.0 Å². The molecule has 24 heavy (non-hydrogen) atoms. The number of thiazole rings is 1. The van der Waals surface area contributed by atoms with E-state index in [-0.39, 0.29) is 18.1 Å². The monoisotopic (exact) mass is 344 g/mol. The van der Waals surface area contributed by atoms with Gasteiger partial charge in [0.15, 0.2) is 0 Å². The first kappa shape index (κ1) is 15.7. The van der Waals surface area contributed by atoms with Gasteiger partial charge in [0.05, 0.1) is 29.8 Å². The quantitative estimate of drug-likeness (QED) is 0.837. The lowest BCUT2D eigenvalue weighted by molar-refractivity contribution is -0.00452. The molecule has 0 radical (unpaired) electrons. The van der Waals surface area contributed by atoms with Gasteiger partial charge in [0.2, 0.25) is 0 Å². The minimum Gasteiger partial charge on any atom is -0.366 e. The Bertz CT molecular complexity index is 729. The van der Waals surface area contributed by atoms with Crippen molar-refractivity contribution in [1.82, 2.24) is 20.1 Å². The number of rotatable bonds is 2. The Labute approximate surface area is 144 Å². The Hall–Kier alpha value is -1.86.